The van der Waals surface area contributed by atoms with Crippen LogP contribution in [0, 0.1) is 11.3 Å². The number of hydrogen-bond donors (Lipinski definition) is 2. The Hall–Kier alpha value is -5.83. The summed E-state index contributed by atoms with van der Waals surface area (Å²) in [6, 6.07) is 19.3. The number of methoxy groups -OCH3 is 1. The van der Waals surface area contributed by atoms with Gasteiger partial charge in [0, 0.05) is 67.0 Å². The van der Waals surface area contributed by atoms with Crippen molar-refractivity contribution in [3.63, 3.8) is 0 Å². The average molecular weight is 615 g/mol. The molecule has 0 bridgehead atoms. The van der Waals surface area contributed by atoms with E-state index in [1.807, 2.05) is 55.7 Å². The van der Waals surface area contributed by atoms with Crippen LogP contribution in [0.5, 0.6) is 5.88 Å². The van der Waals surface area contributed by atoms with E-state index in [-0.39, 0.29) is 18.1 Å². The first-order valence-electron chi connectivity index (χ1n) is 15.1. The van der Waals surface area contributed by atoms with Crippen LogP contribution in [0.15, 0.2) is 85.6 Å². The number of nitrogens with zero attached hydrogens (tertiary/aromatic N) is 8. The second-order valence-corrected chi connectivity index (χ2v) is 11.1. The molecule has 0 unspecified atom stereocenters. The fraction of sp³-hybridized carbons (Fsp3) is 0.265. The molecule has 5 aromatic rings. The van der Waals surface area contributed by atoms with E-state index < -0.39 is 0 Å². The van der Waals surface area contributed by atoms with E-state index in [9.17, 15) is 10.1 Å². The fourth-order valence-electron chi connectivity index (χ4n) is 5.67. The molecule has 1 aliphatic rings. The Labute approximate surface area is 267 Å². The molecule has 0 atom stereocenters. The average Bonchev–Trinajstić information content (AvgIpc) is 3.55. The Morgan fingerprint density at radius 1 is 1.00 bits per heavy atom. The van der Waals surface area contributed by atoms with E-state index in [0.717, 1.165) is 47.9 Å². The predicted molar refractivity (Wildman–Crippen MR) is 174 cm³/mol. The van der Waals surface area contributed by atoms with Gasteiger partial charge in [-0.05, 0) is 49.4 Å². The SMILES string of the molecule is COc1cc(-c2nc(N[C@H]3CC[C@H](N(C(=O)NCc4ccccc4)c4ccc(-c5cnn(C)c5)cn4)CC3)ncc2C#N)ccn1. The lowest BCUT2D eigenvalue weighted by atomic mass is 9.90. The molecule has 12 heteroatoms. The van der Waals surface area contributed by atoms with Crippen molar-refractivity contribution < 1.29 is 9.53 Å². The number of urea groups is 1. The predicted octanol–water partition coefficient (Wildman–Crippen LogP) is 5.35. The summed E-state index contributed by atoms with van der Waals surface area (Å²) in [5, 5.41) is 20.5. The Morgan fingerprint density at radius 3 is 2.52 bits per heavy atom. The summed E-state index contributed by atoms with van der Waals surface area (Å²) in [6.45, 7) is 0.419. The van der Waals surface area contributed by atoms with Gasteiger partial charge in [-0.25, -0.2) is 24.7 Å². The lowest BCUT2D eigenvalue weighted by molar-refractivity contribution is 0.240. The highest BCUT2D eigenvalue weighted by Crippen LogP contribution is 2.30. The van der Waals surface area contributed by atoms with Gasteiger partial charge in [-0.2, -0.15) is 10.4 Å². The summed E-state index contributed by atoms with van der Waals surface area (Å²) in [5.41, 5.74) is 4.51. The molecule has 1 aromatic carbocycles. The summed E-state index contributed by atoms with van der Waals surface area (Å²) in [6.07, 6.45) is 11.8. The molecule has 0 aliphatic heterocycles. The third kappa shape index (κ3) is 6.94. The molecule has 46 heavy (non-hydrogen) atoms. The highest BCUT2D eigenvalue weighted by Gasteiger charge is 2.31. The van der Waals surface area contributed by atoms with Crippen molar-refractivity contribution in [2.45, 2.75) is 44.3 Å². The first-order chi connectivity index (χ1) is 22.5. The fourth-order valence-corrected chi connectivity index (χ4v) is 5.67. The van der Waals surface area contributed by atoms with Crippen LogP contribution in [0.1, 0.15) is 36.8 Å². The first kappa shape index (κ1) is 30.2. The van der Waals surface area contributed by atoms with Crippen LogP contribution >= 0.6 is 0 Å². The monoisotopic (exact) mass is 614 g/mol. The molecular weight excluding hydrogens is 580 g/mol. The van der Waals surface area contributed by atoms with Gasteiger partial charge in [-0.15, -0.1) is 0 Å². The van der Waals surface area contributed by atoms with Crippen molar-refractivity contribution in [3.05, 3.63) is 96.7 Å². The summed E-state index contributed by atoms with van der Waals surface area (Å²) in [4.78, 5) is 33.5. The number of anilines is 2. The van der Waals surface area contributed by atoms with E-state index in [1.165, 1.54) is 6.20 Å². The number of nitrogens with one attached hydrogen (secondary N) is 2. The maximum Gasteiger partial charge on any atom is 0.323 e. The van der Waals surface area contributed by atoms with E-state index in [2.05, 4.69) is 36.8 Å². The molecule has 1 fully saturated rings. The Morgan fingerprint density at radius 2 is 1.83 bits per heavy atom. The zero-order valence-electron chi connectivity index (χ0n) is 25.7. The molecule has 2 amide bonds. The number of rotatable bonds is 9. The summed E-state index contributed by atoms with van der Waals surface area (Å²) in [7, 11) is 3.42. The Kier molecular flexibility index (Phi) is 9.10. The smallest absolute Gasteiger partial charge is 0.323 e. The van der Waals surface area contributed by atoms with E-state index in [4.69, 9.17) is 9.72 Å². The molecule has 0 saturated heterocycles. The number of aryl methyl sites for hydroxylation is 1. The lowest BCUT2D eigenvalue weighted by Crippen LogP contribution is -2.49. The Bertz CT molecular complexity index is 1830. The molecule has 0 radical (unpaired) electrons. The zero-order chi connectivity index (χ0) is 31.9. The summed E-state index contributed by atoms with van der Waals surface area (Å²) >= 11 is 0. The molecule has 1 aliphatic carbocycles. The number of nitriles is 1. The van der Waals surface area contributed by atoms with Crippen molar-refractivity contribution in [1.29, 1.82) is 5.26 Å². The van der Waals surface area contributed by atoms with Gasteiger partial charge < -0.3 is 15.4 Å². The van der Waals surface area contributed by atoms with Crippen LogP contribution in [0.2, 0.25) is 0 Å². The minimum atomic E-state index is -0.185. The maximum atomic E-state index is 13.7. The van der Waals surface area contributed by atoms with Crippen LogP contribution in [0.25, 0.3) is 22.4 Å². The van der Waals surface area contributed by atoms with Crippen molar-refractivity contribution in [1.82, 2.24) is 35.0 Å². The van der Waals surface area contributed by atoms with Crippen molar-refractivity contribution in [2.75, 3.05) is 17.3 Å². The number of carbonyl (C=O) groups is 1. The van der Waals surface area contributed by atoms with E-state index >= 15 is 0 Å². The quantitative estimate of drug-likeness (QED) is 0.224. The number of carbonyl (C=O) groups excluding carboxylic acids is 1. The van der Waals surface area contributed by atoms with Gasteiger partial charge in [0.15, 0.2) is 0 Å². The number of hydrogen-bond acceptors (Lipinski definition) is 9. The van der Waals surface area contributed by atoms with Gasteiger partial charge in [0.25, 0.3) is 0 Å². The minimum absolute atomic E-state index is 0.0488. The highest BCUT2D eigenvalue weighted by molar-refractivity contribution is 5.91. The molecule has 0 spiro atoms. The van der Waals surface area contributed by atoms with Crippen LogP contribution in [-0.2, 0) is 13.6 Å². The Balaban J connectivity index is 1.17. The molecule has 232 valence electrons. The number of aromatic nitrogens is 6. The number of ether oxygens (including phenoxy) is 1. The third-order valence-corrected chi connectivity index (χ3v) is 8.06. The van der Waals surface area contributed by atoms with Crippen molar-refractivity contribution in [2.24, 2.45) is 7.05 Å². The highest BCUT2D eigenvalue weighted by atomic mass is 16.5. The van der Waals surface area contributed by atoms with Crippen molar-refractivity contribution >= 4 is 17.8 Å². The standard InChI is InChI=1S/C34H34N10O2/c1-43-22-27(21-40-43)25-8-13-30(37-19-25)44(34(45)39-18-23-6-4-3-5-7-23)29-11-9-28(10-12-29)41-33-38-20-26(17-35)32(42-33)24-14-15-36-31(16-24)46-2/h3-8,13-16,19-22,28-29H,9-12,18H2,1-2H3,(H,39,45)(H,38,41,42)/t28-,29-. The number of benzene rings is 1. The van der Waals surface area contributed by atoms with Crippen LogP contribution < -0.4 is 20.3 Å². The molecule has 4 heterocycles. The van der Waals surface area contributed by atoms with Gasteiger partial charge in [0.2, 0.25) is 11.8 Å². The molecular formula is C34H34N10O2. The molecule has 2 N–H and O–H groups in total. The summed E-state index contributed by atoms with van der Waals surface area (Å²) < 4.78 is 7.00. The van der Waals surface area contributed by atoms with E-state index in [1.54, 1.807) is 47.4 Å². The topological polar surface area (TPSA) is 147 Å². The first-order valence-corrected chi connectivity index (χ1v) is 15.1. The lowest BCUT2D eigenvalue weighted by Gasteiger charge is -2.36. The van der Waals surface area contributed by atoms with Crippen LogP contribution in [0.3, 0.4) is 0 Å². The van der Waals surface area contributed by atoms with Gasteiger partial charge in [0.1, 0.15) is 11.9 Å². The number of amides is 2. The van der Waals surface area contributed by atoms with Gasteiger partial charge >= 0.3 is 6.03 Å². The normalized spacial score (nSPS) is 15.8. The van der Waals surface area contributed by atoms with E-state index in [0.29, 0.717) is 35.4 Å². The largest absolute Gasteiger partial charge is 0.481 e. The van der Waals surface area contributed by atoms with Crippen LogP contribution in [-0.4, -0.2) is 54.9 Å². The molecule has 1 saturated carbocycles. The zero-order valence-corrected chi connectivity index (χ0v) is 25.7. The maximum absolute atomic E-state index is 13.7. The molecule has 12 nitrogen and oxygen atoms in total. The minimum Gasteiger partial charge on any atom is -0.481 e. The van der Waals surface area contributed by atoms with Gasteiger partial charge in [0.05, 0.1) is 30.8 Å². The molecule has 6 rings (SSSR count). The number of pyridine rings is 2. The van der Waals surface area contributed by atoms with Crippen LogP contribution in [0.4, 0.5) is 16.6 Å². The van der Waals surface area contributed by atoms with Crippen molar-refractivity contribution in [3.8, 4) is 34.3 Å². The third-order valence-electron chi connectivity index (χ3n) is 8.06. The summed E-state index contributed by atoms with van der Waals surface area (Å²) in [5.74, 6) is 1.48. The second kappa shape index (κ2) is 13.9. The van der Waals surface area contributed by atoms with Gasteiger partial charge in [-0.1, -0.05) is 30.3 Å². The molecule has 4 aromatic heterocycles. The second-order valence-electron chi connectivity index (χ2n) is 11.1. The van der Waals surface area contributed by atoms with Gasteiger partial charge in [-0.3, -0.25) is 9.58 Å².